The van der Waals surface area contributed by atoms with Crippen molar-refractivity contribution >= 4 is 17.4 Å². The summed E-state index contributed by atoms with van der Waals surface area (Å²) >= 11 is 0. The Balaban J connectivity index is 3.04. The molecule has 0 aliphatic rings. The molecule has 0 saturated carbocycles. The van der Waals surface area contributed by atoms with E-state index in [9.17, 15) is 18.0 Å². The zero-order valence-electron chi connectivity index (χ0n) is 11.5. The Morgan fingerprint density at radius 1 is 1.48 bits per heavy atom. The van der Waals surface area contributed by atoms with Gasteiger partial charge in [-0.25, -0.2) is 0 Å². The number of rotatable bonds is 4. The first kappa shape index (κ1) is 16.8. The highest BCUT2D eigenvalue weighted by atomic mass is 19.4. The van der Waals surface area contributed by atoms with E-state index >= 15 is 0 Å². The molecule has 4 N–H and O–H groups in total. The van der Waals surface area contributed by atoms with Crippen LogP contribution in [0.2, 0.25) is 0 Å². The van der Waals surface area contributed by atoms with Crippen molar-refractivity contribution in [3.8, 4) is 0 Å². The number of hydrogen-bond acceptors (Lipinski definition) is 3. The number of aryl methyl sites for hydroxylation is 1. The molecule has 0 fully saturated rings. The smallest absolute Gasteiger partial charge is 0.409 e. The molecular formula is C13H16F3N3O2. The van der Waals surface area contributed by atoms with Crippen LogP contribution in [0.15, 0.2) is 23.4 Å². The van der Waals surface area contributed by atoms with Gasteiger partial charge >= 0.3 is 6.18 Å². The number of oxime groups is 1. The normalized spacial score (nSPS) is 13.9. The van der Waals surface area contributed by atoms with Crippen molar-refractivity contribution in [3.05, 3.63) is 29.3 Å². The third-order valence-corrected chi connectivity index (χ3v) is 3.02. The molecule has 116 valence electrons. The Kier molecular flexibility index (Phi) is 5.17. The predicted molar refractivity (Wildman–Crippen MR) is 72.0 cm³/mol. The summed E-state index contributed by atoms with van der Waals surface area (Å²) in [7, 11) is 0. The van der Waals surface area contributed by atoms with Gasteiger partial charge in [0, 0.05) is 5.69 Å². The number of amidine groups is 1. The summed E-state index contributed by atoms with van der Waals surface area (Å²) in [5.74, 6) is -1.83. The molecule has 1 rings (SSSR count). The third kappa shape index (κ3) is 4.11. The SMILES string of the molecule is CCC(C(=O)Nc1cc(C(F)(F)F)ccc1C)C(N)=NO. The highest BCUT2D eigenvalue weighted by molar-refractivity contribution is 6.07. The average molecular weight is 303 g/mol. The minimum atomic E-state index is -4.50. The maximum atomic E-state index is 12.7. The number of carbonyl (C=O) groups excluding carboxylic acids is 1. The predicted octanol–water partition coefficient (Wildman–Crippen LogP) is 2.72. The quantitative estimate of drug-likeness (QED) is 0.346. The van der Waals surface area contributed by atoms with E-state index < -0.39 is 23.6 Å². The number of alkyl halides is 3. The van der Waals surface area contributed by atoms with Gasteiger partial charge in [-0.05, 0) is 31.0 Å². The molecule has 1 unspecified atom stereocenters. The van der Waals surface area contributed by atoms with E-state index in [1.165, 1.54) is 6.07 Å². The topological polar surface area (TPSA) is 87.7 Å². The lowest BCUT2D eigenvalue weighted by Crippen LogP contribution is -2.34. The number of nitrogens with zero attached hydrogens (tertiary/aromatic N) is 1. The lowest BCUT2D eigenvalue weighted by Gasteiger charge is -2.16. The van der Waals surface area contributed by atoms with Gasteiger partial charge in [0.1, 0.15) is 0 Å². The van der Waals surface area contributed by atoms with E-state index in [4.69, 9.17) is 10.9 Å². The van der Waals surface area contributed by atoms with Crippen LogP contribution in [0.25, 0.3) is 0 Å². The van der Waals surface area contributed by atoms with Gasteiger partial charge in [-0.1, -0.05) is 18.1 Å². The Hall–Kier alpha value is -2.25. The highest BCUT2D eigenvalue weighted by Gasteiger charge is 2.31. The first-order valence-electron chi connectivity index (χ1n) is 6.16. The summed E-state index contributed by atoms with van der Waals surface area (Å²) in [6.45, 7) is 3.21. The number of amides is 1. The zero-order valence-corrected chi connectivity index (χ0v) is 11.5. The largest absolute Gasteiger partial charge is 0.416 e. The summed E-state index contributed by atoms with van der Waals surface area (Å²) < 4.78 is 38.0. The van der Waals surface area contributed by atoms with Crippen LogP contribution in [0.3, 0.4) is 0 Å². The second kappa shape index (κ2) is 6.47. The summed E-state index contributed by atoms with van der Waals surface area (Å²) in [4.78, 5) is 12.0. The van der Waals surface area contributed by atoms with Crippen molar-refractivity contribution in [2.45, 2.75) is 26.4 Å². The molecular weight excluding hydrogens is 287 g/mol. The maximum absolute atomic E-state index is 12.7. The summed E-state index contributed by atoms with van der Waals surface area (Å²) in [5, 5.41) is 13.7. The van der Waals surface area contributed by atoms with Crippen LogP contribution in [0.5, 0.6) is 0 Å². The van der Waals surface area contributed by atoms with Crippen LogP contribution in [0.4, 0.5) is 18.9 Å². The van der Waals surface area contributed by atoms with Gasteiger partial charge < -0.3 is 16.3 Å². The fraction of sp³-hybridized carbons (Fsp3) is 0.385. The number of nitrogens with one attached hydrogen (secondary N) is 1. The summed E-state index contributed by atoms with van der Waals surface area (Å²) in [6, 6.07) is 3.06. The fourth-order valence-corrected chi connectivity index (χ4v) is 1.75. The molecule has 0 bridgehead atoms. The van der Waals surface area contributed by atoms with E-state index in [0.29, 0.717) is 5.56 Å². The molecule has 1 aromatic rings. The molecule has 0 saturated heterocycles. The number of benzene rings is 1. The second-order valence-electron chi connectivity index (χ2n) is 4.50. The lowest BCUT2D eigenvalue weighted by molar-refractivity contribution is -0.137. The van der Waals surface area contributed by atoms with Crippen LogP contribution in [-0.4, -0.2) is 17.0 Å². The maximum Gasteiger partial charge on any atom is 0.416 e. The van der Waals surface area contributed by atoms with Crippen LogP contribution in [0.1, 0.15) is 24.5 Å². The van der Waals surface area contributed by atoms with Crippen molar-refractivity contribution in [3.63, 3.8) is 0 Å². The van der Waals surface area contributed by atoms with E-state index in [0.717, 1.165) is 12.1 Å². The second-order valence-corrected chi connectivity index (χ2v) is 4.50. The van der Waals surface area contributed by atoms with Crippen molar-refractivity contribution in [1.82, 2.24) is 0 Å². The molecule has 8 heteroatoms. The molecule has 1 aromatic carbocycles. The molecule has 0 aliphatic carbocycles. The van der Waals surface area contributed by atoms with Gasteiger partial charge in [-0.15, -0.1) is 0 Å². The van der Waals surface area contributed by atoms with Gasteiger partial charge in [-0.3, -0.25) is 4.79 Å². The number of anilines is 1. The van der Waals surface area contributed by atoms with Crippen molar-refractivity contribution < 1.29 is 23.2 Å². The van der Waals surface area contributed by atoms with Gasteiger partial charge in [0.2, 0.25) is 5.91 Å². The molecule has 0 aliphatic heterocycles. The molecule has 1 atom stereocenters. The number of carbonyl (C=O) groups is 1. The minimum Gasteiger partial charge on any atom is -0.409 e. The van der Waals surface area contributed by atoms with E-state index in [1.54, 1.807) is 13.8 Å². The molecule has 0 spiro atoms. The van der Waals surface area contributed by atoms with E-state index in [2.05, 4.69) is 10.5 Å². The summed E-state index contributed by atoms with van der Waals surface area (Å²) in [5.41, 5.74) is 5.04. The van der Waals surface area contributed by atoms with Crippen molar-refractivity contribution in [2.75, 3.05) is 5.32 Å². The first-order valence-corrected chi connectivity index (χ1v) is 6.16. The van der Waals surface area contributed by atoms with E-state index in [-0.39, 0.29) is 17.9 Å². The van der Waals surface area contributed by atoms with Gasteiger partial charge in [0.25, 0.3) is 0 Å². The Labute approximate surface area is 119 Å². The molecule has 0 radical (unpaired) electrons. The van der Waals surface area contributed by atoms with E-state index in [1.807, 2.05) is 0 Å². The molecule has 1 amide bonds. The zero-order chi connectivity index (χ0) is 16.2. The lowest BCUT2D eigenvalue weighted by atomic mass is 10.0. The van der Waals surface area contributed by atoms with Crippen LogP contribution in [-0.2, 0) is 11.0 Å². The first-order chi connectivity index (χ1) is 9.70. The highest BCUT2D eigenvalue weighted by Crippen LogP contribution is 2.32. The van der Waals surface area contributed by atoms with Crippen LogP contribution in [0, 0.1) is 12.8 Å². The van der Waals surface area contributed by atoms with Crippen LogP contribution < -0.4 is 11.1 Å². The summed E-state index contributed by atoms with van der Waals surface area (Å²) in [6.07, 6.45) is -4.25. The monoisotopic (exact) mass is 303 g/mol. The molecule has 21 heavy (non-hydrogen) atoms. The fourth-order valence-electron chi connectivity index (χ4n) is 1.75. The Bertz CT molecular complexity index is 556. The molecule has 0 aromatic heterocycles. The molecule has 5 nitrogen and oxygen atoms in total. The number of halogens is 3. The van der Waals surface area contributed by atoms with Crippen molar-refractivity contribution in [1.29, 1.82) is 0 Å². The third-order valence-electron chi connectivity index (χ3n) is 3.02. The Morgan fingerprint density at radius 3 is 2.57 bits per heavy atom. The minimum absolute atomic E-state index is 0.0408. The van der Waals surface area contributed by atoms with Crippen molar-refractivity contribution in [2.24, 2.45) is 16.8 Å². The van der Waals surface area contributed by atoms with Crippen LogP contribution >= 0.6 is 0 Å². The molecule has 0 heterocycles. The number of nitrogens with two attached hydrogens (primary N) is 1. The van der Waals surface area contributed by atoms with Gasteiger partial charge in [0.15, 0.2) is 5.84 Å². The standard InChI is InChI=1S/C13H16F3N3O2/c1-3-9(11(17)19-21)12(20)18-10-6-8(13(14,15)16)5-4-7(10)2/h4-6,9,21H,3H2,1-2H3,(H2,17,19)(H,18,20). The Morgan fingerprint density at radius 2 is 2.10 bits per heavy atom. The average Bonchev–Trinajstić information content (AvgIpc) is 2.40. The number of hydrogen-bond donors (Lipinski definition) is 3. The van der Waals surface area contributed by atoms with Gasteiger partial charge in [-0.2, -0.15) is 13.2 Å². The van der Waals surface area contributed by atoms with Gasteiger partial charge in [0.05, 0.1) is 11.5 Å².